The van der Waals surface area contributed by atoms with E-state index in [1.165, 1.54) is 0 Å². The number of aliphatic hydroxyl groups is 17. The minimum Gasteiger partial charge on any atom is -0.394 e. The summed E-state index contributed by atoms with van der Waals surface area (Å²) >= 11 is 0. The number of unbranched alkanes of at least 4 members (excludes halogenated alkanes) is 2. The van der Waals surface area contributed by atoms with Crippen LogP contribution in [0.3, 0.4) is 0 Å². The van der Waals surface area contributed by atoms with Gasteiger partial charge in [-0.25, -0.2) is 0 Å². The van der Waals surface area contributed by atoms with Crippen LogP contribution < -0.4 is 5.32 Å². The molecule has 0 saturated carbocycles. The minimum absolute atomic E-state index is 0.0678. The van der Waals surface area contributed by atoms with Gasteiger partial charge in [-0.15, -0.1) is 0 Å². The van der Waals surface area contributed by atoms with Crippen molar-refractivity contribution < 1.29 is 148 Å². The van der Waals surface area contributed by atoms with E-state index in [1.54, 1.807) is 0 Å². The zero-order chi connectivity index (χ0) is 56.8. The normalized spacial score (nSPS) is 48.2. The molecule has 30 atom stereocenters. The Balaban J connectivity index is 1.07. The lowest BCUT2D eigenvalue weighted by atomic mass is 9.94. The molecule has 18 N–H and O–H groups in total. The van der Waals surface area contributed by atoms with Crippen LogP contribution in [-0.4, -0.2) is 324 Å². The molecule has 23 rings (SSSR count). The number of nitrogens with one attached hydrogen (secondary N) is 1. The second-order valence-corrected chi connectivity index (χ2v) is 20.4. The molecule has 79 heavy (non-hydrogen) atoms. The van der Waals surface area contributed by atoms with Crippen molar-refractivity contribution in [2.75, 3.05) is 52.8 Å². The summed E-state index contributed by atoms with van der Waals surface area (Å²) in [4.78, 5) is 0. The zero-order valence-electron chi connectivity index (χ0n) is 42.6. The molecule has 454 valence electrons. The predicted octanol–water partition coefficient (Wildman–Crippen LogP) is -10.1. The van der Waals surface area contributed by atoms with E-state index in [0.29, 0.717) is 32.4 Å². The van der Waals surface area contributed by atoms with Crippen LogP contribution in [0, 0.1) is 0 Å². The second kappa shape index (κ2) is 28.7. The Morgan fingerprint density at radius 2 is 0.620 bits per heavy atom. The third-order valence-corrected chi connectivity index (χ3v) is 15.1. The highest BCUT2D eigenvalue weighted by molar-refractivity contribution is 5.14. The van der Waals surface area contributed by atoms with Crippen molar-refractivity contribution in [2.24, 2.45) is 0 Å². The van der Waals surface area contributed by atoms with E-state index in [9.17, 15) is 86.8 Å². The van der Waals surface area contributed by atoms with E-state index >= 15 is 0 Å². The molecular formula is C48H77NO30. The first kappa shape index (κ1) is 63.0. The van der Waals surface area contributed by atoms with Gasteiger partial charge in [0.2, 0.25) is 0 Å². The van der Waals surface area contributed by atoms with Gasteiger partial charge in [0.25, 0.3) is 0 Å². The summed E-state index contributed by atoms with van der Waals surface area (Å²) in [6.45, 7) is -4.66. The van der Waals surface area contributed by atoms with Gasteiger partial charge in [-0.05, 0) is 31.4 Å². The summed E-state index contributed by atoms with van der Waals surface area (Å²) in [7, 11) is 0. The molecule has 22 heterocycles. The first-order valence-electron chi connectivity index (χ1n) is 26.3. The lowest BCUT2D eigenvalue weighted by Crippen LogP contribution is -2.69. The van der Waals surface area contributed by atoms with Crippen molar-refractivity contribution in [3.8, 4) is 0 Å². The van der Waals surface area contributed by atoms with Crippen LogP contribution in [0.15, 0.2) is 30.3 Å². The van der Waals surface area contributed by atoms with Crippen molar-refractivity contribution in [1.82, 2.24) is 5.32 Å². The van der Waals surface area contributed by atoms with Crippen LogP contribution in [0.4, 0.5) is 0 Å². The smallest absolute Gasteiger partial charge is 0.187 e. The topological polar surface area (TPSA) is 476 Å². The predicted molar refractivity (Wildman–Crippen MR) is 252 cm³/mol. The number of ether oxygens (including phenoxy) is 13. The Kier molecular flexibility index (Phi) is 22.9. The number of rotatable bonds is 15. The summed E-state index contributed by atoms with van der Waals surface area (Å²) in [5.74, 6) is 0. The fourth-order valence-corrected chi connectivity index (χ4v) is 10.7. The van der Waals surface area contributed by atoms with Crippen LogP contribution in [0.1, 0.15) is 24.8 Å². The number of aliphatic hydroxyl groups excluding tert-OH is 17. The van der Waals surface area contributed by atoms with E-state index < -0.39 is 224 Å². The summed E-state index contributed by atoms with van der Waals surface area (Å²) in [5.41, 5.74) is 1.09. The maximum absolute atomic E-state index is 12.1. The standard InChI is InChI=1S/C48H77NO30/c50-12-19-36-25(56)30(61)43(68-19)74-37-20(13-51)69-45(31(62)26(37)57)76-39-22(15-53)71-47(33(64)28(39)59)78-41-24(17-55)73-48(42(35(41)66)67-10-6-2-5-9-49-11-18-7-3-1-4-8-18)79-40-23(16-54)72-46(34(65)29(40)60)77-38-21(14-52)70-44(75-36)32(63)27(38)58/h1,3-4,7-8,19-66H,2,5-6,9-17H2/t19-,20-,21-,22-,23-,24-,25-,26-,27-,28-,29-,30-,31-,32-,33-,34-,35+,36-,37-,38-,39-,40-,41-,42+,43-,44-,45-,46-,47-,48-/m1/s1. The fourth-order valence-electron chi connectivity index (χ4n) is 10.7. The third-order valence-electron chi connectivity index (χ3n) is 15.1. The summed E-state index contributed by atoms with van der Waals surface area (Å²) < 4.78 is 76.4. The summed E-state index contributed by atoms with van der Waals surface area (Å²) in [6.07, 6.45) is -55.4. The van der Waals surface area contributed by atoms with Gasteiger partial charge in [0.15, 0.2) is 37.7 Å². The van der Waals surface area contributed by atoms with Gasteiger partial charge in [-0.2, -0.15) is 0 Å². The molecule has 31 heteroatoms. The molecule has 22 aliphatic heterocycles. The van der Waals surface area contributed by atoms with Crippen molar-refractivity contribution in [1.29, 1.82) is 0 Å². The Hall–Kier alpha value is -2.02. The average Bonchev–Trinajstić information content (AvgIpc) is 3.61. The Morgan fingerprint density at radius 3 is 0.937 bits per heavy atom. The summed E-state index contributed by atoms with van der Waals surface area (Å²) in [5, 5.41) is 193. The van der Waals surface area contributed by atoms with Crippen molar-refractivity contribution in [3.05, 3.63) is 35.9 Å². The molecule has 1 aromatic rings. The highest BCUT2D eigenvalue weighted by atomic mass is 16.8. The molecule has 0 spiro atoms. The number of hydrogen-bond donors (Lipinski definition) is 18. The van der Waals surface area contributed by atoms with Gasteiger partial charge in [0.05, 0.1) is 39.6 Å². The van der Waals surface area contributed by atoms with E-state index in [2.05, 4.69) is 5.32 Å². The lowest BCUT2D eigenvalue weighted by molar-refractivity contribution is -0.405. The van der Waals surface area contributed by atoms with E-state index in [4.69, 9.17) is 61.6 Å². The molecule has 22 fully saturated rings. The largest absolute Gasteiger partial charge is 0.394 e. The summed E-state index contributed by atoms with van der Waals surface area (Å²) in [6, 6.07) is 9.74. The fraction of sp³-hybridized carbons (Fsp3) is 0.875. The van der Waals surface area contributed by atoms with E-state index in [-0.39, 0.29) is 6.61 Å². The zero-order valence-corrected chi connectivity index (χ0v) is 42.6. The molecule has 22 saturated heterocycles. The molecule has 0 radical (unpaired) electrons. The quantitative estimate of drug-likeness (QED) is 0.0725. The van der Waals surface area contributed by atoms with Gasteiger partial charge in [-0.3, -0.25) is 0 Å². The SMILES string of the molecule is OC[C@H]1O[C@@H]2O[C@H]3[C@H](O)[C@@H](O)[C@@H](O[C@H]4[C@H](O)[C@@H](O)[C@@H](O[C@H]5[C@H](O)[C@H](OCCCCCNCc6ccccc6)[C@@H](O[C@H]6[C@H](O)[C@@H](O)[C@@H](O[C@H]7[C@H](O)[C@@H](O)[C@@H](O[C@H]1[C@H](O)[C@H]2O)O[C@@H]7CO)O[C@@H]6CO)O[C@@H]5CO)O[C@@H]4CO)O[C@@H]3CO. The highest BCUT2D eigenvalue weighted by Crippen LogP contribution is 2.38. The third kappa shape index (κ3) is 13.9. The molecule has 22 aliphatic rings. The van der Waals surface area contributed by atoms with E-state index in [0.717, 1.165) is 5.56 Å². The minimum atomic E-state index is -2.15. The van der Waals surface area contributed by atoms with Gasteiger partial charge in [-0.1, -0.05) is 30.3 Å². The molecule has 31 nitrogen and oxygen atoms in total. The van der Waals surface area contributed by atoms with Crippen LogP contribution in [0.25, 0.3) is 0 Å². The average molecular weight is 1150 g/mol. The maximum atomic E-state index is 12.1. The molecule has 0 unspecified atom stereocenters. The molecule has 12 bridgehead atoms. The molecule has 0 aromatic heterocycles. The number of hydrogen-bond acceptors (Lipinski definition) is 31. The molecule has 0 amide bonds. The van der Waals surface area contributed by atoms with Crippen molar-refractivity contribution >= 4 is 0 Å². The Labute approximate surface area is 451 Å². The van der Waals surface area contributed by atoms with E-state index in [1.807, 2.05) is 30.3 Å². The second-order valence-electron chi connectivity index (χ2n) is 20.4. The van der Waals surface area contributed by atoms with Gasteiger partial charge in [0, 0.05) is 13.2 Å². The van der Waals surface area contributed by atoms with Crippen LogP contribution in [0.2, 0.25) is 0 Å². The lowest BCUT2D eigenvalue weighted by Gasteiger charge is -2.51. The van der Waals surface area contributed by atoms with Gasteiger partial charge >= 0.3 is 0 Å². The van der Waals surface area contributed by atoms with Gasteiger partial charge in [0.1, 0.15) is 146 Å². The monoisotopic (exact) mass is 1150 g/mol. The Morgan fingerprint density at radius 1 is 0.329 bits per heavy atom. The van der Waals surface area contributed by atoms with Crippen LogP contribution >= 0.6 is 0 Å². The number of benzene rings is 1. The van der Waals surface area contributed by atoms with Crippen LogP contribution in [0.5, 0.6) is 0 Å². The highest BCUT2D eigenvalue weighted by Gasteiger charge is 2.59. The molecule has 1 aromatic carbocycles. The van der Waals surface area contributed by atoms with Gasteiger partial charge < -0.3 is 154 Å². The molecular weight excluding hydrogens is 1070 g/mol. The van der Waals surface area contributed by atoms with Crippen molar-refractivity contribution in [2.45, 2.75) is 210 Å². The van der Waals surface area contributed by atoms with Crippen LogP contribution in [-0.2, 0) is 68.1 Å². The molecule has 0 aliphatic carbocycles. The Bertz CT molecular complexity index is 1950. The maximum Gasteiger partial charge on any atom is 0.187 e. The van der Waals surface area contributed by atoms with Crippen molar-refractivity contribution in [3.63, 3.8) is 0 Å². The first-order valence-corrected chi connectivity index (χ1v) is 26.3. The first-order chi connectivity index (χ1) is 38.0.